The van der Waals surface area contributed by atoms with Crippen molar-refractivity contribution in [1.82, 2.24) is 14.5 Å². The number of aromatic nitrogens is 2. The van der Waals surface area contributed by atoms with Crippen molar-refractivity contribution in [2.75, 3.05) is 13.7 Å². The van der Waals surface area contributed by atoms with Crippen LogP contribution in [0.25, 0.3) is 16.7 Å². The zero-order chi connectivity index (χ0) is 22.1. The smallest absolute Gasteiger partial charge is 0.387 e. The number of aliphatic hydroxyl groups is 1. The summed E-state index contributed by atoms with van der Waals surface area (Å²) in [5.74, 6) is 0.293. The van der Waals surface area contributed by atoms with Gasteiger partial charge in [0.1, 0.15) is 11.5 Å². The lowest BCUT2D eigenvalue weighted by Crippen LogP contribution is -2.30. The number of aryl methyl sites for hydroxylation is 1. The molecule has 3 aromatic rings. The number of aliphatic hydroxyl groups excluding tert-OH is 1. The first-order valence-electron chi connectivity index (χ1n) is 10.4. The molecule has 0 spiro atoms. The molecule has 0 radical (unpaired) electrons. The normalized spacial score (nSPS) is 15.9. The van der Waals surface area contributed by atoms with Crippen molar-refractivity contribution in [3.63, 3.8) is 0 Å². The second kappa shape index (κ2) is 8.63. The average Bonchev–Trinajstić information content (AvgIpc) is 3.07. The van der Waals surface area contributed by atoms with E-state index in [-0.39, 0.29) is 24.3 Å². The molecule has 0 saturated heterocycles. The number of fused-ring (bicyclic) bond motifs is 5. The molecule has 2 heterocycles. The second-order valence-corrected chi connectivity index (χ2v) is 7.68. The van der Waals surface area contributed by atoms with Crippen LogP contribution in [0.1, 0.15) is 54.0 Å². The van der Waals surface area contributed by atoms with Gasteiger partial charge in [-0.3, -0.25) is 9.36 Å². The third-order valence-corrected chi connectivity index (χ3v) is 5.76. The van der Waals surface area contributed by atoms with Gasteiger partial charge >= 0.3 is 6.61 Å². The third-order valence-electron chi connectivity index (χ3n) is 5.76. The first kappa shape index (κ1) is 21.2. The molecule has 164 valence electrons. The molecule has 6 nitrogen and oxygen atoms in total. The van der Waals surface area contributed by atoms with Crippen molar-refractivity contribution in [1.29, 1.82) is 0 Å². The fourth-order valence-electron chi connectivity index (χ4n) is 4.27. The van der Waals surface area contributed by atoms with E-state index in [0.29, 0.717) is 29.9 Å². The van der Waals surface area contributed by atoms with Crippen molar-refractivity contribution < 1.29 is 23.4 Å². The summed E-state index contributed by atoms with van der Waals surface area (Å²) in [6.07, 6.45) is 2.93. The van der Waals surface area contributed by atoms with E-state index in [2.05, 4.69) is 0 Å². The number of imidazole rings is 1. The summed E-state index contributed by atoms with van der Waals surface area (Å²) in [7, 11) is 1.70. The zero-order valence-electron chi connectivity index (χ0n) is 17.5. The molecule has 8 heteroatoms. The number of ether oxygens (including phenoxy) is 1. The van der Waals surface area contributed by atoms with E-state index in [1.807, 2.05) is 25.1 Å². The summed E-state index contributed by atoms with van der Waals surface area (Å²) in [5.41, 5.74) is 3.10. The van der Waals surface area contributed by atoms with E-state index in [9.17, 15) is 13.6 Å². The third kappa shape index (κ3) is 3.76. The van der Waals surface area contributed by atoms with Crippen molar-refractivity contribution in [2.24, 2.45) is 0 Å². The zero-order valence-corrected chi connectivity index (χ0v) is 17.5. The summed E-state index contributed by atoms with van der Waals surface area (Å²) in [6.45, 7) is -0.916. The van der Waals surface area contributed by atoms with Crippen LogP contribution in [0.5, 0.6) is 5.75 Å². The maximum absolute atomic E-state index is 13.2. The fourth-order valence-corrected chi connectivity index (χ4v) is 4.27. The van der Waals surface area contributed by atoms with Gasteiger partial charge < -0.3 is 14.7 Å². The van der Waals surface area contributed by atoms with Gasteiger partial charge in [-0.15, -0.1) is 0 Å². The van der Waals surface area contributed by atoms with Crippen LogP contribution in [0.2, 0.25) is 0 Å². The summed E-state index contributed by atoms with van der Waals surface area (Å²) < 4.78 is 33.0. The summed E-state index contributed by atoms with van der Waals surface area (Å²) in [6, 6.07) is 10.2. The number of carbonyl (C=O) groups excluding carboxylic acids is 1. The minimum absolute atomic E-state index is 0.0581. The number of alkyl halides is 2. The van der Waals surface area contributed by atoms with E-state index in [4.69, 9.17) is 14.8 Å². The molecule has 0 aliphatic carbocycles. The molecule has 2 aromatic carbocycles. The molecule has 1 unspecified atom stereocenters. The number of amides is 1. The number of hydrogen-bond donors (Lipinski definition) is 1. The number of rotatable bonds is 7. The van der Waals surface area contributed by atoms with Crippen LogP contribution in [0.15, 0.2) is 36.4 Å². The number of halogens is 2. The molecule has 0 fully saturated rings. The molecule has 1 atom stereocenters. The van der Waals surface area contributed by atoms with Crippen LogP contribution in [-0.2, 0) is 6.42 Å². The molecule has 1 aliphatic rings. The van der Waals surface area contributed by atoms with Gasteiger partial charge in [0.25, 0.3) is 5.91 Å². The maximum Gasteiger partial charge on any atom is 0.387 e. The highest BCUT2D eigenvalue weighted by molar-refractivity contribution is 6.00. The summed E-state index contributed by atoms with van der Waals surface area (Å²) >= 11 is 0. The Morgan fingerprint density at radius 3 is 2.74 bits per heavy atom. The maximum atomic E-state index is 13.2. The Morgan fingerprint density at radius 1 is 1.23 bits per heavy atom. The Labute approximate surface area is 179 Å². The lowest BCUT2D eigenvalue weighted by molar-refractivity contribution is -0.0498. The minimum atomic E-state index is -3.02. The van der Waals surface area contributed by atoms with E-state index >= 15 is 0 Å². The molecule has 31 heavy (non-hydrogen) atoms. The van der Waals surface area contributed by atoms with Crippen molar-refractivity contribution in [3.05, 3.63) is 53.3 Å². The van der Waals surface area contributed by atoms with Crippen molar-refractivity contribution in [2.45, 2.75) is 45.3 Å². The SMILES string of the molecule is CCC1c2nc3ccc(CCCCO)cc3n2-c2c(OC(F)F)cccc2C(=O)N1C. The Bertz CT molecular complexity index is 1110. The number of carbonyl (C=O) groups is 1. The van der Waals surface area contributed by atoms with Gasteiger partial charge in [0.05, 0.1) is 22.6 Å². The van der Waals surface area contributed by atoms with Crippen LogP contribution in [-0.4, -0.2) is 45.7 Å². The Morgan fingerprint density at radius 2 is 2.03 bits per heavy atom. The van der Waals surface area contributed by atoms with E-state index in [1.54, 1.807) is 28.6 Å². The molecular formula is C23H25F2N3O3. The largest absolute Gasteiger partial charge is 0.433 e. The van der Waals surface area contributed by atoms with Crippen LogP contribution >= 0.6 is 0 Å². The monoisotopic (exact) mass is 429 g/mol. The number of hydrogen-bond acceptors (Lipinski definition) is 4. The highest BCUT2D eigenvalue weighted by Gasteiger charge is 2.35. The molecule has 0 saturated carbocycles. The predicted molar refractivity (Wildman–Crippen MR) is 113 cm³/mol. The number of nitrogens with zero attached hydrogens (tertiary/aromatic N) is 3. The topological polar surface area (TPSA) is 67.6 Å². The van der Waals surface area contributed by atoms with Gasteiger partial charge in [0, 0.05) is 13.7 Å². The lowest BCUT2D eigenvalue weighted by atomic mass is 10.1. The molecule has 4 rings (SSSR count). The number of benzene rings is 2. The second-order valence-electron chi connectivity index (χ2n) is 7.68. The number of unbranched alkanes of at least 4 members (excludes halogenated alkanes) is 1. The lowest BCUT2D eigenvalue weighted by Gasteiger charge is -2.24. The van der Waals surface area contributed by atoms with E-state index < -0.39 is 6.61 Å². The van der Waals surface area contributed by atoms with Gasteiger partial charge in [-0.1, -0.05) is 19.1 Å². The summed E-state index contributed by atoms with van der Waals surface area (Å²) in [5, 5.41) is 9.06. The standard InChI is InChI=1S/C23H25F2N3O3/c1-3-17-21-26-16-11-10-14(7-4-5-12-29)13-18(16)28(21)20-15(22(30)27(17)2)8-6-9-19(20)31-23(24)25/h6,8-11,13,17,23,29H,3-5,7,12H2,1-2H3. The van der Waals surface area contributed by atoms with E-state index in [1.165, 1.54) is 6.07 Å². The molecule has 1 aromatic heterocycles. The van der Waals surface area contributed by atoms with Gasteiger partial charge in [-0.2, -0.15) is 8.78 Å². The van der Waals surface area contributed by atoms with Crippen molar-refractivity contribution in [3.8, 4) is 11.4 Å². The predicted octanol–water partition coefficient (Wildman–Crippen LogP) is 4.48. The Kier molecular flexibility index (Phi) is 5.91. The minimum Gasteiger partial charge on any atom is -0.433 e. The van der Waals surface area contributed by atoms with E-state index in [0.717, 1.165) is 29.4 Å². The van der Waals surface area contributed by atoms with Gasteiger partial charge in [-0.25, -0.2) is 4.98 Å². The highest BCUT2D eigenvalue weighted by Crippen LogP contribution is 2.40. The molecule has 1 amide bonds. The Hall–Kier alpha value is -3.00. The van der Waals surface area contributed by atoms with Gasteiger partial charge in [-0.05, 0) is 55.5 Å². The first-order valence-corrected chi connectivity index (χ1v) is 10.4. The number of para-hydroxylation sites is 1. The Balaban J connectivity index is 1.99. The van der Waals surface area contributed by atoms with Crippen LogP contribution in [0.4, 0.5) is 8.78 Å². The molecular weight excluding hydrogens is 404 g/mol. The van der Waals surface area contributed by atoms with Crippen molar-refractivity contribution >= 4 is 16.9 Å². The first-order chi connectivity index (χ1) is 15.0. The molecule has 1 aliphatic heterocycles. The summed E-state index contributed by atoms with van der Waals surface area (Å²) in [4.78, 5) is 19.6. The quantitative estimate of drug-likeness (QED) is 0.563. The van der Waals surface area contributed by atoms with Gasteiger partial charge in [0.15, 0.2) is 5.75 Å². The molecule has 1 N–H and O–H groups in total. The van der Waals surface area contributed by atoms with Crippen LogP contribution in [0.3, 0.4) is 0 Å². The van der Waals surface area contributed by atoms with Crippen LogP contribution in [0, 0.1) is 0 Å². The van der Waals surface area contributed by atoms with Crippen LogP contribution < -0.4 is 4.74 Å². The molecule has 0 bridgehead atoms. The average molecular weight is 429 g/mol. The highest BCUT2D eigenvalue weighted by atomic mass is 19.3. The fraction of sp³-hybridized carbons (Fsp3) is 0.391. The van der Waals surface area contributed by atoms with Gasteiger partial charge in [0.2, 0.25) is 0 Å².